The molecule has 14 heteroatoms. The lowest BCUT2D eigenvalue weighted by Crippen LogP contribution is -2.32. The van der Waals surface area contributed by atoms with Crippen LogP contribution in [0.5, 0.6) is 5.88 Å². The Morgan fingerprint density at radius 1 is 1.00 bits per heavy atom. The Morgan fingerprint density at radius 2 is 1.78 bits per heavy atom. The number of rotatable bonds is 9. The number of ether oxygens (including phenoxy) is 2. The molecule has 2 fully saturated rings. The van der Waals surface area contributed by atoms with Crippen molar-refractivity contribution in [1.82, 2.24) is 34.7 Å². The highest BCUT2D eigenvalue weighted by Gasteiger charge is 2.35. The molecule has 0 amide bonds. The number of hydrogen-bond acceptors (Lipinski definition) is 7. The fraction of sp³-hybridized carbons (Fsp3) is 0.406. The highest BCUT2D eigenvalue weighted by Crippen LogP contribution is 2.33. The number of alkyl halides is 3. The number of aromatic amines is 1. The molecule has 9 nitrogen and oxygen atoms in total. The maximum atomic E-state index is 14.6. The summed E-state index contributed by atoms with van der Waals surface area (Å²) in [4.78, 5) is 15.7. The maximum Gasteiger partial charge on any atom is 0.451 e. The molecule has 4 heterocycles. The van der Waals surface area contributed by atoms with Crippen LogP contribution in [0.25, 0.3) is 22.4 Å². The van der Waals surface area contributed by atoms with Crippen molar-refractivity contribution in [3.05, 3.63) is 82.5 Å². The van der Waals surface area contributed by atoms with E-state index < -0.39 is 17.8 Å². The Hall–Kier alpha value is -4.10. The standard InChI is InChI=1S/C32H30ClF4N7O2/c33-21-6-1-18(2-7-21)13-27-38-16-24(34)30(40-27)46-22-8-3-19(4-9-22)14-28-39-25-15-20(29-41-31(43-42-29)32(35,36)37)5-10-26(25)44(28)17-23-11-12-45-23/h1-2,5-7,10,15-16,19,22-23H,3-4,8-9,11-14,17H2,(H,41,42,43)/t19-,22-,23-/m0/s1. The summed E-state index contributed by atoms with van der Waals surface area (Å²) in [5.41, 5.74) is 2.98. The van der Waals surface area contributed by atoms with Gasteiger partial charge in [0.15, 0.2) is 5.82 Å². The Labute approximate surface area is 266 Å². The summed E-state index contributed by atoms with van der Waals surface area (Å²) < 4.78 is 67.7. The number of nitrogens with zero attached hydrogens (tertiary/aromatic N) is 6. The van der Waals surface area contributed by atoms with Gasteiger partial charge in [0.25, 0.3) is 5.88 Å². The second-order valence-electron chi connectivity index (χ2n) is 11.9. The molecule has 2 aromatic carbocycles. The van der Waals surface area contributed by atoms with Crippen LogP contribution in [0.3, 0.4) is 0 Å². The van der Waals surface area contributed by atoms with E-state index in [-0.39, 0.29) is 23.9 Å². The highest BCUT2D eigenvalue weighted by atomic mass is 35.5. The Morgan fingerprint density at radius 3 is 2.48 bits per heavy atom. The van der Waals surface area contributed by atoms with E-state index in [9.17, 15) is 17.6 Å². The van der Waals surface area contributed by atoms with Crippen molar-refractivity contribution in [3.8, 4) is 17.3 Å². The molecule has 240 valence electrons. The van der Waals surface area contributed by atoms with Crippen LogP contribution >= 0.6 is 11.6 Å². The van der Waals surface area contributed by atoms with Gasteiger partial charge in [-0.2, -0.15) is 22.5 Å². The summed E-state index contributed by atoms with van der Waals surface area (Å²) in [6.07, 6.45) is 1.78. The molecular weight excluding hydrogens is 626 g/mol. The third-order valence-corrected chi connectivity index (χ3v) is 8.87. The van der Waals surface area contributed by atoms with Gasteiger partial charge in [0, 0.05) is 30.0 Å². The van der Waals surface area contributed by atoms with E-state index in [4.69, 9.17) is 26.1 Å². The Bertz CT molecular complexity index is 1830. The van der Waals surface area contributed by atoms with E-state index in [2.05, 4.69) is 29.7 Å². The van der Waals surface area contributed by atoms with Gasteiger partial charge in [0.2, 0.25) is 11.6 Å². The average Bonchev–Trinajstić information content (AvgIpc) is 3.64. The number of nitrogens with one attached hydrogen (secondary N) is 1. The summed E-state index contributed by atoms with van der Waals surface area (Å²) in [6.45, 7) is 1.37. The zero-order valence-electron chi connectivity index (χ0n) is 24.6. The van der Waals surface area contributed by atoms with E-state index in [1.807, 2.05) is 18.2 Å². The van der Waals surface area contributed by atoms with Crippen LogP contribution in [0.1, 0.15) is 55.1 Å². The van der Waals surface area contributed by atoms with Gasteiger partial charge in [0.05, 0.1) is 29.9 Å². The van der Waals surface area contributed by atoms with Crippen LogP contribution in [-0.4, -0.2) is 53.5 Å². The summed E-state index contributed by atoms with van der Waals surface area (Å²) in [5.74, 6) is -0.0396. The van der Waals surface area contributed by atoms with Crippen LogP contribution in [0, 0.1) is 11.7 Å². The first-order chi connectivity index (χ1) is 22.2. The van der Waals surface area contributed by atoms with Gasteiger partial charge in [0.1, 0.15) is 17.8 Å². The quantitative estimate of drug-likeness (QED) is 0.171. The normalized spacial score (nSPS) is 20.2. The number of fused-ring (bicyclic) bond motifs is 1. The van der Waals surface area contributed by atoms with Gasteiger partial charge < -0.3 is 19.0 Å². The van der Waals surface area contributed by atoms with Gasteiger partial charge >= 0.3 is 6.18 Å². The molecule has 1 aliphatic heterocycles. The largest absolute Gasteiger partial charge is 0.472 e. The second kappa shape index (κ2) is 12.6. The number of H-pyrrole nitrogens is 1. The topological polar surface area (TPSA) is 104 Å². The SMILES string of the molecule is Fc1cnc(Cc2ccc(Cl)cc2)nc1O[C@H]1CC[C@H](Cc2nc3cc(-c4nnc(C(F)(F)F)[nH]4)ccc3n2C[C@@H]2CCO2)CC1. The minimum atomic E-state index is -4.61. The highest BCUT2D eigenvalue weighted by molar-refractivity contribution is 6.30. The van der Waals surface area contributed by atoms with Gasteiger partial charge in [-0.25, -0.2) is 9.97 Å². The maximum absolute atomic E-state index is 14.6. The molecule has 0 unspecified atom stereocenters. The van der Waals surface area contributed by atoms with Crippen LogP contribution < -0.4 is 4.74 Å². The van der Waals surface area contributed by atoms with Gasteiger partial charge in [-0.1, -0.05) is 23.7 Å². The van der Waals surface area contributed by atoms with Gasteiger partial charge in [-0.15, -0.1) is 10.2 Å². The summed E-state index contributed by atoms with van der Waals surface area (Å²) in [7, 11) is 0. The van der Waals surface area contributed by atoms with Crippen molar-refractivity contribution in [2.45, 2.75) is 69.9 Å². The zero-order chi connectivity index (χ0) is 31.8. The molecule has 1 saturated heterocycles. The van der Waals surface area contributed by atoms with Crippen molar-refractivity contribution in [3.63, 3.8) is 0 Å². The number of aromatic nitrogens is 7. The molecule has 2 aliphatic rings. The fourth-order valence-corrected chi connectivity index (χ4v) is 6.17. The molecule has 0 bridgehead atoms. The Balaban J connectivity index is 1.03. The second-order valence-corrected chi connectivity index (χ2v) is 12.3. The molecule has 1 saturated carbocycles. The van der Waals surface area contributed by atoms with Crippen molar-refractivity contribution in [2.75, 3.05) is 6.61 Å². The van der Waals surface area contributed by atoms with Crippen LogP contribution in [0.15, 0.2) is 48.7 Å². The molecule has 1 atom stereocenters. The van der Waals surface area contributed by atoms with Crippen molar-refractivity contribution < 1.29 is 27.0 Å². The fourth-order valence-electron chi connectivity index (χ4n) is 6.05. The molecule has 5 aromatic rings. The molecule has 7 rings (SSSR count). The molecular formula is C32H30ClF4N7O2. The van der Waals surface area contributed by atoms with E-state index in [0.717, 1.165) is 68.2 Å². The first kappa shape index (κ1) is 30.5. The molecule has 0 radical (unpaired) electrons. The molecule has 0 spiro atoms. The summed E-state index contributed by atoms with van der Waals surface area (Å²) in [6, 6.07) is 12.7. The molecule has 1 aliphatic carbocycles. The van der Waals surface area contributed by atoms with E-state index in [1.54, 1.807) is 24.3 Å². The summed E-state index contributed by atoms with van der Waals surface area (Å²) >= 11 is 5.97. The van der Waals surface area contributed by atoms with Crippen LogP contribution in [0.4, 0.5) is 17.6 Å². The Kier molecular flexibility index (Phi) is 8.36. The minimum absolute atomic E-state index is 0.0307. The monoisotopic (exact) mass is 655 g/mol. The lowest BCUT2D eigenvalue weighted by molar-refractivity contribution is -0.144. The van der Waals surface area contributed by atoms with Crippen molar-refractivity contribution in [1.29, 1.82) is 0 Å². The third kappa shape index (κ3) is 6.70. The van der Waals surface area contributed by atoms with Crippen LogP contribution in [-0.2, 0) is 30.3 Å². The van der Waals surface area contributed by atoms with Crippen molar-refractivity contribution >= 4 is 22.6 Å². The van der Waals surface area contributed by atoms with Gasteiger partial charge in [-0.05, 0) is 73.9 Å². The van der Waals surface area contributed by atoms with E-state index >= 15 is 0 Å². The molecule has 1 N–H and O–H groups in total. The lowest BCUT2D eigenvalue weighted by Gasteiger charge is -2.30. The van der Waals surface area contributed by atoms with E-state index in [0.29, 0.717) is 40.8 Å². The minimum Gasteiger partial charge on any atom is -0.472 e. The zero-order valence-corrected chi connectivity index (χ0v) is 25.4. The van der Waals surface area contributed by atoms with Gasteiger partial charge in [-0.3, -0.25) is 0 Å². The number of halogens is 5. The molecule has 46 heavy (non-hydrogen) atoms. The predicted molar refractivity (Wildman–Crippen MR) is 161 cm³/mol. The number of imidazole rings is 1. The first-order valence-corrected chi connectivity index (χ1v) is 15.6. The van der Waals surface area contributed by atoms with Crippen LogP contribution in [0.2, 0.25) is 5.02 Å². The van der Waals surface area contributed by atoms with E-state index in [1.165, 1.54) is 0 Å². The summed E-state index contributed by atoms with van der Waals surface area (Å²) in [5, 5.41) is 7.58. The number of benzene rings is 2. The third-order valence-electron chi connectivity index (χ3n) is 8.62. The van der Waals surface area contributed by atoms with Crippen molar-refractivity contribution in [2.24, 2.45) is 5.92 Å². The average molecular weight is 656 g/mol. The molecule has 3 aromatic heterocycles. The first-order valence-electron chi connectivity index (χ1n) is 15.2. The number of hydrogen-bond donors (Lipinski definition) is 1. The smallest absolute Gasteiger partial charge is 0.451 e. The predicted octanol–water partition coefficient (Wildman–Crippen LogP) is 6.98. The lowest BCUT2D eigenvalue weighted by atomic mass is 9.85.